The molecule has 0 saturated heterocycles. The van der Waals surface area contributed by atoms with Crippen LogP contribution in [0, 0.1) is 0 Å². The number of nitrogens with zero attached hydrogens (tertiary/aromatic N) is 2. The Morgan fingerprint density at radius 2 is 1.62 bits per heavy atom. The minimum absolute atomic E-state index is 0.167. The molecule has 0 fully saturated rings. The molecule has 0 aliphatic carbocycles. The van der Waals surface area contributed by atoms with E-state index >= 15 is 0 Å². The number of aromatic nitrogens is 3. The van der Waals surface area contributed by atoms with Crippen molar-refractivity contribution in [2.75, 3.05) is 0 Å². The molecule has 0 atom stereocenters. The van der Waals surface area contributed by atoms with E-state index in [9.17, 15) is 13.2 Å². The van der Waals surface area contributed by atoms with Gasteiger partial charge < -0.3 is 0 Å². The van der Waals surface area contributed by atoms with Crippen LogP contribution in [0.3, 0.4) is 0 Å². The van der Waals surface area contributed by atoms with Crippen LogP contribution in [0.5, 0.6) is 0 Å². The Morgan fingerprint density at radius 1 is 0.857 bits per heavy atom. The first-order valence-corrected chi connectivity index (χ1v) is 6.18. The monoisotopic (exact) mass is 289 g/mol. The fourth-order valence-electron chi connectivity index (χ4n) is 1.98. The quantitative estimate of drug-likeness (QED) is 0.769. The van der Waals surface area contributed by atoms with E-state index in [4.69, 9.17) is 0 Å². The topological polar surface area (TPSA) is 41.6 Å². The molecule has 0 spiro atoms. The second kappa shape index (κ2) is 5.05. The fraction of sp³-hybridized carbons (Fsp3) is 0.0667. The Balaban J connectivity index is 1.99. The molecule has 106 valence electrons. The molecule has 6 heteroatoms. The van der Waals surface area contributed by atoms with E-state index in [1.54, 1.807) is 18.3 Å². The van der Waals surface area contributed by atoms with Crippen LogP contribution in [0.4, 0.5) is 13.2 Å². The third-order valence-corrected chi connectivity index (χ3v) is 3.01. The predicted octanol–water partition coefficient (Wildman–Crippen LogP) is 4.16. The maximum atomic E-state index is 12.6. The van der Waals surface area contributed by atoms with E-state index < -0.39 is 11.9 Å². The van der Waals surface area contributed by atoms with Crippen molar-refractivity contribution in [1.82, 2.24) is 15.2 Å². The maximum absolute atomic E-state index is 12.6. The summed E-state index contributed by atoms with van der Waals surface area (Å²) in [5, 5.41) is 5.67. The van der Waals surface area contributed by atoms with Crippen molar-refractivity contribution in [1.29, 1.82) is 0 Å². The van der Waals surface area contributed by atoms with Crippen LogP contribution in [0.25, 0.3) is 22.5 Å². The zero-order chi connectivity index (χ0) is 14.9. The Labute approximate surface area is 118 Å². The Kier molecular flexibility index (Phi) is 3.21. The molecule has 3 aromatic rings. The molecule has 3 rings (SSSR count). The van der Waals surface area contributed by atoms with Crippen LogP contribution < -0.4 is 0 Å². The van der Waals surface area contributed by atoms with Crippen LogP contribution in [-0.2, 0) is 6.18 Å². The molecule has 0 unspecified atom stereocenters. The van der Waals surface area contributed by atoms with Crippen molar-refractivity contribution in [3.8, 4) is 22.5 Å². The van der Waals surface area contributed by atoms with E-state index in [0.717, 1.165) is 17.2 Å². The highest BCUT2D eigenvalue weighted by atomic mass is 19.4. The van der Waals surface area contributed by atoms with Crippen LogP contribution >= 0.6 is 0 Å². The lowest BCUT2D eigenvalue weighted by molar-refractivity contribution is -0.141. The number of hydrogen-bond donors (Lipinski definition) is 1. The summed E-state index contributed by atoms with van der Waals surface area (Å²) in [6.07, 6.45) is -2.89. The summed E-state index contributed by atoms with van der Waals surface area (Å²) < 4.78 is 37.7. The van der Waals surface area contributed by atoms with E-state index in [2.05, 4.69) is 10.1 Å². The summed E-state index contributed by atoms with van der Waals surface area (Å²) in [5.74, 6) is 0. The van der Waals surface area contributed by atoms with E-state index in [1.807, 2.05) is 35.4 Å². The van der Waals surface area contributed by atoms with Gasteiger partial charge in [-0.05, 0) is 29.3 Å². The van der Waals surface area contributed by atoms with E-state index in [-0.39, 0.29) is 5.69 Å². The van der Waals surface area contributed by atoms with Gasteiger partial charge in [-0.25, -0.2) is 0 Å². The number of benzene rings is 1. The zero-order valence-electron chi connectivity index (χ0n) is 10.7. The van der Waals surface area contributed by atoms with Crippen molar-refractivity contribution in [2.45, 2.75) is 6.18 Å². The van der Waals surface area contributed by atoms with Gasteiger partial charge in [0, 0.05) is 6.20 Å². The number of alkyl halides is 3. The third-order valence-electron chi connectivity index (χ3n) is 3.01. The summed E-state index contributed by atoms with van der Waals surface area (Å²) in [6, 6.07) is 14.0. The number of nitrogens with one attached hydrogen (secondary N) is 1. The number of aromatic amines is 1. The Morgan fingerprint density at radius 3 is 2.29 bits per heavy atom. The number of pyridine rings is 1. The van der Waals surface area contributed by atoms with Crippen molar-refractivity contribution in [3.63, 3.8) is 0 Å². The predicted molar refractivity (Wildman–Crippen MR) is 72.3 cm³/mol. The zero-order valence-corrected chi connectivity index (χ0v) is 10.7. The average Bonchev–Trinajstić information content (AvgIpc) is 2.98. The Hall–Kier alpha value is -2.63. The van der Waals surface area contributed by atoms with Gasteiger partial charge in [0.15, 0.2) is 0 Å². The number of rotatable bonds is 2. The van der Waals surface area contributed by atoms with Gasteiger partial charge in [0.1, 0.15) is 11.4 Å². The first kappa shape index (κ1) is 13.4. The van der Waals surface area contributed by atoms with Crippen molar-refractivity contribution in [3.05, 3.63) is 60.4 Å². The smallest absolute Gasteiger partial charge is 0.273 e. The summed E-state index contributed by atoms with van der Waals surface area (Å²) in [5.41, 5.74) is 1.51. The molecule has 1 N–H and O–H groups in total. The SMILES string of the molecule is FC(F)(F)c1cc(-c2cc(-c3ccccc3)ccn2)n[nH]1. The molecule has 2 heterocycles. The molecule has 0 aliphatic rings. The average molecular weight is 289 g/mol. The highest BCUT2D eigenvalue weighted by molar-refractivity contribution is 5.68. The van der Waals surface area contributed by atoms with Gasteiger partial charge in [-0.15, -0.1) is 0 Å². The molecule has 0 saturated carbocycles. The lowest BCUT2D eigenvalue weighted by Gasteiger charge is -2.03. The van der Waals surface area contributed by atoms with Crippen LogP contribution in [0.2, 0.25) is 0 Å². The standard InChI is InChI=1S/C15H10F3N3/c16-15(17,18)14-9-13(20-21-14)12-8-11(6-7-19-12)10-4-2-1-3-5-10/h1-9H,(H,20,21). The highest BCUT2D eigenvalue weighted by Gasteiger charge is 2.33. The fourth-order valence-corrected chi connectivity index (χ4v) is 1.98. The molecule has 0 radical (unpaired) electrons. The number of hydrogen-bond acceptors (Lipinski definition) is 2. The molecule has 0 amide bonds. The van der Waals surface area contributed by atoms with Crippen LogP contribution in [-0.4, -0.2) is 15.2 Å². The normalized spacial score (nSPS) is 11.6. The molecule has 1 aromatic carbocycles. The molecule has 2 aromatic heterocycles. The van der Waals surface area contributed by atoms with Gasteiger partial charge in [0.05, 0.1) is 5.69 Å². The minimum Gasteiger partial charge on any atom is -0.273 e. The summed E-state index contributed by atoms with van der Waals surface area (Å²) in [7, 11) is 0. The summed E-state index contributed by atoms with van der Waals surface area (Å²) >= 11 is 0. The third kappa shape index (κ3) is 2.79. The first-order valence-electron chi connectivity index (χ1n) is 6.18. The number of halogens is 3. The van der Waals surface area contributed by atoms with Gasteiger partial charge >= 0.3 is 6.18 Å². The van der Waals surface area contributed by atoms with Gasteiger partial charge in [-0.2, -0.15) is 18.3 Å². The molecule has 0 bridgehead atoms. The van der Waals surface area contributed by atoms with Crippen molar-refractivity contribution in [2.24, 2.45) is 0 Å². The van der Waals surface area contributed by atoms with Gasteiger partial charge in [-0.3, -0.25) is 10.1 Å². The number of H-pyrrole nitrogens is 1. The largest absolute Gasteiger partial charge is 0.432 e. The molecular weight excluding hydrogens is 279 g/mol. The first-order chi connectivity index (χ1) is 10.0. The van der Waals surface area contributed by atoms with Crippen LogP contribution in [0.15, 0.2) is 54.7 Å². The minimum atomic E-state index is -4.44. The van der Waals surface area contributed by atoms with Gasteiger partial charge in [-0.1, -0.05) is 30.3 Å². The lowest BCUT2D eigenvalue weighted by Crippen LogP contribution is -2.04. The van der Waals surface area contributed by atoms with Crippen molar-refractivity contribution < 1.29 is 13.2 Å². The molecule has 0 aliphatic heterocycles. The second-order valence-electron chi connectivity index (χ2n) is 4.46. The van der Waals surface area contributed by atoms with Crippen molar-refractivity contribution >= 4 is 0 Å². The molecule has 21 heavy (non-hydrogen) atoms. The highest BCUT2D eigenvalue weighted by Crippen LogP contribution is 2.30. The lowest BCUT2D eigenvalue weighted by atomic mass is 10.1. The summed E-state index contributed by atoms with van der Waals surface area (Å²) in [6.45, 7) is 0. The van der Waals surface area contributed by atoms with E-state index in [1.165, 1.54) is 0 Å². The Bertz CT molecular complexity index is 748. The second-order valence-corrected chi connectivity index (χ2v) is 4.46. The maximum Gasteiger partial charge on any atom is 0.432 e. The molecule has 3 nitrogen and oxygen atoms in total. The van der Waals surface area contributed by atoms with Gasteiger partial charge in [0.2, 0.25) is 0 Å². The van der Waals surface area contributed by atoms with E-state index in [0.29, 0.717) is 5.69 Å². The summed E-state index contributed by atoms with van der Waals surface area (Å²) in [4.78, 5) is 4.08. The van der Waals surface area contributed by atoms with Crippen LogP contribution in [0.1, 0.15) is 5.69 Å². The van der Waals surface area contributed by atoms with Gasteiger partial charge in [0.25, 0.3) is 0 Å². The molecular formula is C15H10F3N3.